The van der Waals surface area contributed by atoms with Gasteiger partial charge in [0, 0.05) is 21.6 Å². The van der Waals surface area contributed by atoms with Gasteiger partial charge in [0.2, 0.25) is 0 Å². The fraction of sp³-hybridized carbons (Fsp3) is 0.167. The number of imide groups is 2. The SMILES string of the molecule is Cc1ccccc1N=C(OCCN1C(=O)c2ccccc2C1=O)SSC(=Nc1ccccc1C)OCCN1C(=O)c2ccccc2C1=O. The molecule has 0 saturated heterocycles. The Morgan fingerprint density at radius 2 is 0.833 bits per heavy atom. The minimum Gasteiger partial charge on any atom is -0.470 e. The Bertz CT molecular complexity index is 1770. The molecule has 12 heteroatoms. The van der Waals surface area contributed by atoms with Gasteiger partial charge in [0.1, 0.15) is 13.2 Å². The van der Waals surface area contributed by atoms with Crippen LogP contribution in [0.5, 0.6) is 0 Å². The number of aryl methyl sites for hydroxylation is 2. The van der Waals surface area contributed by atoms with E-state index in [1.54, 1.807) is 48.5 Å². The molecule has 0 unspecified atom stereocenters. The Hall–Kier alpha value is -5.20. The van der Waals surface area contributed by atoms with Crippen LogP contribution in [0.15, 0.2) is 107 Å². The van der Waals surface area contributed by atoms with E-state index in [4.69, 9.17) is 19.5 Å². The zero-order chi connectivity index (χ0) is 33.6. The molecule has 242 valence electrons. The van der Waals surface area contributed by atoms with Crippen molar-refractivity contribution in [2.75, 3.05) is 26.3 Å². The van der Waals surface area contributed by atoms with E-state index in [1.165, 1.54) is 9.80 Å². The van der Waals surface area contributed by atoms with E-state index in [-0.39, 0.29) is 60.4 Å². The number of rotatable bonds is 8. The quantitative estimate of drug-likeness (QED) is 0.0848. The Morgan fingerprint density at radius 1 is 0.521 bits per heavy atom. The third kappa shape index (κ3) is 7.04. The average molecular weight is 679 g/mol. The first-order valence-corrected chi connectivity index (χ1v) is 17.3. The molecule has 0 spiro atoms. The molecule has 0 radical (unpaired) electrons. The summed E-state index contributed by atoms with van der Waals surface area (Å²) in [6.07, 6.45) is 0. The van der Waals surface area contributed by atoms with E-state index >= 15 is 0 Å². The number of para-hydroxylation sites is 2. The molecule has 48 heavy (non-hydrogen) atoms. The van der Waals surface area contributed by atoms with Gasteiger partial charge >= 0.3 is 0 Å². The minimum atomic E-state index is -0.363. The maximum absolute atomic E-state index is 12.9. The highest BCUT2D eigenvalue weighted by Gasteiger charge is 2.36. The number of nitrogens with zero attached hydrogens (tertiary/aromatic N) is 4. The zero-order valence-corrected chi connectivity index (χ0v) is 27.8. The van der Waals surface area contributed by atoms with Crippen LogP contribution in [0.2, 0.25) is 0 Å². The molecule has 0 aliphatic carbocycles. The maximum Gasteiger partial charge on any atom is 0.262 e. The van der Waals surface area contributed by atoms with Crippen LogP contribution in [0.25, 0.3) is 0 Å². The third-order valence-electron chi connectivity index (χ3n) is 7.68. The molecule has 0 bridgehead atoms. The monoisotopic (exact) mass is 678 g/mol. The van der Waals surface area contributed by atoms with Gasteiger partial charge in [0.05, 0.1) is 46.7 Å². The number of amides is 4. The van der Waals surface area contributed by atoms with Crippen molar-refractivity contribution in [1.82, 2.24) is 9.80 Å². The van der Waals surface area contributed by atoms with E-state index in [2.05, 4.69) is 0 Å². The van der Waals surface area contributed by atoms with Gasteiger partial charge in [-0.2, -0.15) is 0 Å². The first-order chi connectivity index (χ1) is 23.3. The van der Waals surface area contributed by atoms with Gasteiger partial charge in [0.15, 0.2) is 0 Å². The van der Waals surface area contributed by atoms with Crippen molar-refractivity contribution in [3.05, 3.63) is 130 Å². The van der Waals surface area contributed by atoms with Gasteiger partial charge in [-0.3, -0.25) is 29.0 Å². The fourth-order valence-corrected chi connectivity index (χ4v) is 6.75. The molecule has 6 rings (SSSR count). The lowest BCUT2D eigenvalue weighted by atomic mass is 10.1. The van der Waals surface area contributed by atoms with E-state index in [0.717, 1.165) is 32.7 Å². The minimum absolute atomic E-state index is 0.00854. The second-order valence-electron chi connectivity index (χ2n) is 10.8. The van der Waals surface area contributed by atoms with Crippen molar-refractivity contribution in [3.63, 3.8) is 0 Å². The lowest BCUT2D eigenvalue weighted by Gasteiger charge is -2.16. The van der Waals surface area contributed by atoms with Crippen LogP contribution in [0.3, 0.4) is 0 Å². The first-order valence-electron chi connectivity index (χ1n) is 15.1. The Labute approximate surface area is 285 Å². The predicted molar refractivity (Wildman–Crippen MR) is 187 cm³/mol. The fourth-order valence-electron chi connectivity index (χ4n) is 5.13. The molecule has 2 aliphatic heterocycles. The van der Waals surface area contributed by atoms with Crippen molar-refractivity contribution >= 4 is 67.1 Å². The van der Waals surface area contributed by atoms with Gasteiger partial charge in [-0.1, -0.05) is 60.7 Å². The predicted octanol–water partition coefficient (Wildman–Crippen LogP) is 6.99. The normalized spacial score (nSPS) is 14.5. The lowest BCUT2D eigenvalue weighted by Crippen LogP contribution is -2.33. The largest absolute Gasteiger partial charge is 0.470 e. The zero-order valence-electron chi connectivity index (χ0n) is 26.1. The second-order valence-corrected chi connectivity index (χ2v) is 12.8. The van der Waals surface area contributed by atoms with Crippen LogP contribution >= 0.6 is 21.6 Å². The highest BCUT2D eigenvalue weighted by molar-refractivity contribution is 8.87. The molecule has 10 nitrogen and oxygen atoms in total. The van der Waals surface area contributed by atoms with Gasteiger partial charge in [0.25, 0.3) is 34.1 Å². The van der Waals surface area contributed by atoms with E-state index in [0.29, 0.717) is 33.6 Å². The highest BCUT2D eigenvalue weighted by Crippen LogP contribution is 2.32. The summed E-state index contributed by atoms with van der Waals surface area (Å²) in [4.78, 5) is 63.3. The number of benzene rings is 4. The first kappa shape index (κ1) is 32.7. The summed E-state index contributed by atoms with van der Waals surface area (Å²) < 4.78 is 12.1. The van der Waals surface area contributed by atoms with E-state index < -0.39 is 0 Å². The number of hydrogen-bond acceptors (Lipinski definition) is 10. The maximum atomic E-state index is 12.9. The van der Waals surface area contributed by atoms with Crippen molar-refractivity contribution in [2.45, 2.75) is 13.8 Å². The number of ether oxygens (including phenoxy) is 2. The molecule has 4 aromatic rings. The van der Waals surface area contributed by atoms with Crippen molar-refractivity contribution in [2.24, 2.45) is 9.98 Å². The molecular weight excluding hydrogens is 649 g/mol. The highest BCUT2D eigenvalue weighted by atomic mass is 33.1. The van der Waals surface area contributed by atoms with Crippen LogP contribution in [-0.2, 0) is 9.47 Å². The molecule has 0 N–H and O–H groups in total. The molecule has 0 saturated carbocycles. The van der Waals surface area contributed by atoms with E-state index in [9.17, 15) is 19.2 Å². The van der Waals surface area contributed by atoms with Gasteiger partial charge in [-0.25, -0.2) is 9.98 Å². The lowest BCUT2D eigenvalue weighted by molar-refractivity contribution is 0.0615. The Balaban J connectivity index is 1.17. The van der Waals surface area contributed by atoms with Crippen molar-refractivity contribution in [1.29, 1.82) is 0 Å². The standard InChI is InChI=1S/C36H30N4O6S2/c1-23-11-3-9-17-29(23)37-35(45-21-19-39-31(41)25-13-5-6-14-26(25)32(39)42)47-48-36(38-30-18-10-4-12-24(30)2)46-22-20-40-33(43)27-15-7-8-16-28(27)34(40)44/h3-18H,19-22H2,1-2H3. The molecule has 0 fully saturated rings. The van der Waals surface area contributed by atoms with Crippen LogP contribution in [0.1, 0.15) is 52.6 Å². The number of carbonyl (C=O) groups is 4. The number of aliphatic imine (C=N–C) groups is 2. The summed E-state index contributed by atoms with van der Waals surface area (Å²) in [7, 11) is 2.31. The summed E-state index contributed by atoms with van der Waals surface area (Å²) in [5.41, 5.74) is 4.71. The summed E-state index contributed by atoms with van der Waals surface area (Å²) in [6, 6.07) is 28.6. The molecule has 4 aromatic carbocycles. The van der Waals surface area contributed by atoms with Crippen LogP contribution in [0, 0.1) is 13.8 Å². The van der Waals surface area contributed by atoms with Crippen LogP contribution in [0.4, 0.5) is 11.4 Å². The van der Waals surface area contributed by atoms with Crippen LogP contribution < -0.4 is 0 Å². The molecule has 4 amide bonds. The third-order valence-corrected chi connectivity index (χ3v) is 9.57. The molecule has 0 atom stereocenters. The van der Waals surface area contributed by atoms with Gasteiger partial charge in [-0.15, -0.1) is 0 Å². The second kappa shape index (κ2) is 14.7. The van der Waals surface area contributed by atoms with Gasteiger partial charge < -0.3 is 9.47 Å². The molecule has 2 aliphatic rings. The van der Waals surface area contributed by atoms with E-state index in [1.807, 2.05) is 62.4 Å². The van der Waals surface area contributed by atoms with Crippen molar-refractivity contribution < 1.29 is 28.7 Å². The van der Waals surface area contributed by atoms with Crippen LogP contribution in [-0.4, -0.2) is 70.2 Å². The summed E-state index contributed by atoms with van der Waals surface area (Å²) in [5.74, 6) is -1.45. The van der Waals surface area contributed by atoms with Crippen molar-refractivity contribution in [3.8, 4) is 0 Å². The Morgan fingerprint density at radius 3 is 1.17 bits per heavy atom. The number of fused-ring (bicyclic) bond motifs is 2. The molecular formula is C36H30N4O6S2. The van der Waals surface area contributed by atoms with Gasteiger partial charge in [-0.05, 0) is 61.4 Å². The average Bonchev–Trinajstić information content (AvgIpc) is 3.49. The molecule has 0 aromatic heterocycles. The topological polar surface area (TPSA) is 118 Å². The Kier molecular flexibility index (Phi) is 10.0. The summed E-state index contributed by atoms with van der Waals surface area (Å²) >= 11 is 0. The summed E-state index contributed by atoms with van der Waals surface area (Å²) in [5, 5.41) is 0.514. The number of hydrogen-bond donors (Lipinski definition) is 0. The molecule has 2 heterocycles. The summed E-state index contributed by atoms with van der Waals surface area (Å²) in [6.45, 7) is 3.95. The number of carbonyl (C=O) groups excluding carboxylic acids is 4. The smallest absolute Gasteiger partial charge is 0.262 e.